The van der Waals surface area contributed by atoms with Gasteiger partial charge in [-0.05, 0) is 5.92 Å². The van der Waals surface area contributed by atoms with Crippen LogP contribution >= 0.6 is 0 Å². The number of carboxylic acids is 1. The third-order valence-electron chi connectivity index (χ3n) is 0.944. The van der Waals surface area contributed by atoms with Crippen molar-refractivity contribution in [1.82, 2.24) is 0 Å². The van der Waals surface area contributed by atoms with Gasteiger partial charge in [-0.25, -0.2) is 0 Å². The fourth-order valence-electron chi connectivity index (χ4n) is 0.589. The van der Waals surface area contributed by atoms with Crippen LogP contribution in [0.25, 0.3) is 0 Å². The lowest BCUT2D eigenvalue weighted by Gasteiger charge is -2.09. The summed E-state index contributed by atoms with van der Waals surface area (Å²) in [7, 11) is 0. The summed E-state index contributed by atoms with van der Waals surface area (Å²) in [5.74, 6) is -1.33. The van der Waals surface area contributed by atoms with Gasteiger partial charge in [-0.3, -0.25) is 9.00 Å². The van der Waals surface area contributed by atoms with E-state index >= 15 is 0 Å². The molecule has 0 aliphatic heterocycles. The third-order valence-corrected chi connectivity index (χ3v) is 1.78. The van der Waals surface area contributed by atoms with Crippen LogP contribution in [0.4, 0.5) is 0 Å². The van der Waals surface area contributed by atoms with Crippen LogP contribution in [0.1, 0.15) is 13.3 Å². The molecule has 0 aliphatic carbocycles. The van der Waals surface area contributed by atoms with Crippen molar-refractivity contribution >= 4 is 17.0 Å². The van der Waals surface area contributed by atoms with Gasteiger partial charge in [0, 0.05) is 12.2 Å². The van der Waals surface area contributed by atoms with Gasteiger partial charge in [-0.2, -0.15) is 0 Å². The molecule has 0 aromatic carbocycles. The number of hydrogen-bond acceptors (Lipinski definition) is 3. The van der Waals surface area contributed by atoms with E-state index in [2.05, 4.69) is 0 Å². The second-order valence-electron chi connectivity index (χ2n) is 2.17. The van der Waals surface area contributed by atoms with E-state index in [4.69, 9.17) is 5.11 Å². The molecular weight excluding hydrogens is 156 g/mol. The van der Waals surface area contributed by atoms with Crippen molar-refractivity contribution in [2.75, 3.05) is 5.75 Å². The Morgan fingerprint density at radius 1 is 1.80 bits per heavy atom. The smallest absolute Gasteiger partial charge is 0.303 e. The first kappa shape index (κ1) is 9.58. The van der Waals surface area contributed by atoms with Crippen molar-refractivity contribution in [3.63, 3.8) is 0 Å². The summed E-state index contributed by atoms with van der Waals surface area (Å²) < 4.78 is 20.0. The van der Waals surface area contributed by atoms with Crippen molar-refractivity contribution in [1.29, 1.82) is 0 Å². The molecule has 0 amide bonds. The van der Waals surface area contributed by atoms with Crippen LogP contribution in [0.2, 0.25) is 0 Å². The molecule has 60 valence electrons. The highest BCUT2D eigenvalue weighted by atomic mass is 32.2. The molecule has 10 heavy (non-hydrogen) atoms. The van der Waals surface area contributed by atoms with Gasteiger partial charge < -0.3 is 9.66 Å². The molecule has 0 radical (unpaired) electrons. The van der Waals surface area contributed by atoms with Crippen LogP contribution < -0.4 is 0 Å². The summed E-state index contributed by atoms with van der Waals surface area (Å²) in [6.07, 6.45) is -0.0893. The molecule has 0 aliphatic rings. The number of aliphatic carboxylic acids is 1. The Morgan fingerprint density at radius 2 is 2.30 bits per heavy atom. The van der Waals surface area contributed by atoms with Gasteiger partial charge in [0.2, 0.25) is 0 Å². The lowest BCUT2D eigenvalue weighted by atomic mass is 10.1. The van der Waals surface area contributed by atoms with Crippen LogP contribution in [-0.4, -0.2) is 25.6 Å². The first-order valence-corrected chi connectivity index (χ1v) is 4.04. The maximum atomic E-state index is 10.00. The van der Waals surface area contributed by atoms with E-state index in [0.717, 1.165) is 0 Å². The monoisotopic (exact) mass is 165 g/mol. The topological polar surface area (TPSA) is 77.4 Å². The molecule has 5 heteroatoms. The van der Waals surface area contributed by atoms with Gasteiger partial charge in [0.1, 0.15) is 0 Å². The summed E-state index contributed by atoms with van der Waals surface area (Å²) >= 11 is -2.13. The van der Waals surface area contributed by atoms with E-state index in [1.807, 2.05) is 0 Å². The average Bonchev–Trinajstić information content (AvgIpc) is 1.58. The summed E-state index contributed by atoms with van der Waals surface area (Å²) in [6, 6.07) is 0. The standard InChI is InChI=1S/C5H10O4S/c1-4(2-5(6)7)3-10(8)9/h4H,2-3H2,1H3,(H,6,7)(H,8,9)/p-1. The maximum Gasteiger partial charge on any atom is 0.303 e. The second-order valence-corrected chi connectivity index (χ2v) is 3.11. The second kappa shape index (κ2) is 4.40. The number of carboxylic acid groups (broad SMARTS) is 1. The summed E-state index contributed by atoms with van der Waals surface area (Å²) in [5, 5.41) is 8.20. The minimum atomic E-state index is -2.13. The van der Waals surface area contributed by atoms with Crippen molar-refractivity contribution in [2.45, 2.75) is 13.3 Å². The van der Waals surface area contributed by atoms with E-state index in [1.165, 1.54) is 0 Å². The van der Waals surface area contributed by atoms with Crippen molar-refractivity contribution in [3.8, 4) is 0 Å². The van der Waals surface area contributed by atoms with Crippen LogP contribution in [0.3, 0.4) is 0 Å². The molecule has 0 rings (SSSR count). The molecule has 0 heterocycles. The van der Waals surface area contributed by atoms with Crippen LogP contribution in [0.15, 0.2) is 0 Å². The Balaban J connectivity index is 3.53. The molecule has 0 fully saturated rings. The molecule has 0 aromatic rings. The van der Waals surface area contributed by atoms with E-state index in [9.17, 15) is 13.6 Å². The number of rotatable bonds is 4. The van der Waals surface area contributed by atoms with Crippen molar-refractivity contribution in [3.05, 3.63) is 0 Å². The van der Waals surface area contributed by atoms with Gasteiger partial charge in [-0.15, -0.1) is 0 Å². The molecule has 0 spiro atoms. The zero-order valence-corrected chi connectivity index (χ0v) is 6.39. The van der Waals surface area contributed by atoms with Crippen molar-refractivity contribution in [2.24, 2.45) is 5.92 Å². The zero-order valence-electron chi connectivity index (χ0n) is 5.57. The highest BCUT2D eigenvalue weighted by Gasteiger charge is 2.06. The van der Waals surface area contributed by atoms with E-state index in [-0.39, 0.29) is 18.1 Å². The first-order valence-electron chi connectivity index (χ1n) is 2.80. The molecule has 2 unspecified atom stereocenters. The highest BCUT2D eigenvalue weighted by Crippen LogP contribution is 2.01. The predicted molar refractivity (Wildman–Crippen MR) is 35.2 cm³/mol. The molecule has 4 nitrogen and oxygen atoms in total. The Hall–Kier alpha value is -0.420. The predicted octanol–water partition coefficient (Wildman–Crippen LogP) is -0.0237. The third kappa shape index (κ3) is 5.71. The Bertz CT molecular complexity index is 129. The molecule has 1 N–H and O–H groups in total. The summed E-state index contributed by atoms with van der Waals surface area (Å²) in [6.45, 7) is 1.59. The Morgan fingerprint density at radius 3 is 2.60 bits per heavy atom. The lowest BCUT2D eigenvalue weighted by molar-refractivity contribution is -0.137. The number of hydrogen-bond donors (Lipinski definition) is 1. The Kier molecular flexibility index (Phi) is 4.22. The molecule has 0 saturated carbocycles. The van der Waals surface area contributed by atoms with E-state index < -0.39 is 17.0 Å². The SMILES string of the molecule is CC(CC(=O)O)CS(=O)[O-]. The van der Waals surface area contributed by atoms with Gasteiger partial charge in [0.15, 0.2) is 0 Å². The molecule has 0 saturated heterocycles. The van der Waals surface area contributed by atoms with Gasteiger partial charge in [0.05, 0.1) is 0 Å². The van der Waals surface area contributed by atoms with E-state index in [1.54, 1.807) is 6.92 Å². The van der Waals surface area contributed by atoms with Gasteiger partial charge >= 0.3 is 5.97 Å². The quantitative estimate of drug-likeness (QED) is 0.594. The fourth-order valence-corrected chi connectivity index (χ4v) is 1.17. The highest BCUT2D eigenvalue weighted by molar-refractivity contribution is 7.79. The summed E-state index contributed by atoms with van der Waals surface area (Å²) in [5.41, 5.74) is 0. The van der Waals surface area contributed by atoms with E-state index in [0.29, 0.717) is 0 Å². The van der Waals surface area contributed by atoms with Crippen LogP contribution in [-0.2, 0) is 15.9 Å². The zero-order chi connectivity index (χ0) is 8.15. The Labute approximate surface area is 61.5 Å². The minimum Gasteiger partial charge on any atom is -0.772 e. The first-order chi connectivity index (χ1) is 4.52. The molecular formula is C5H9O4S-. The molecule has 0 bridgehead atoms. The maximum absolute atomic E-state index is 10.00. The number of carbonyl (C=O) groups is 1. The summed E-state index contributed by atoms with van der Waals surface area (Å²) in [4.78, 5) is 9.99. The van der Waals surface area contributed by atoms with Gasteiger partial charge in [0.25, 0.3) is 0 Å². The largest absolute Gasteiger partial charge is 0.772 e. The fraction of sp³-hybridized carbons (Fsp3) is 0.800. The molecule has 2 atom stereocenters. The minimum absolute atomic E-state index is 0.0771. The molecule has 0 aromatic heterocycles. The van der Waals surface area contributed by atoms with Crippen LogP contribution in [0.5, 0.6) is 0 Å². The van der Waals surface area contributed by atoms with Crippen LogP contribution in [0, 0.1) is 5.92 Å². The normalized spacial score (nSPS) is 16.2. The average molecular weight is 165 g/mol. The van der Waals surface area contributed by atoms with Gasteiger partial charge in [-0.1, -0.05) is 18.0 Å². The van der Waals surface area contributed by atoms with Crippen molar-refractivity contribution < 1.29 is 18.7 Å². The lowest BCUT2D eigenvalue weighted by Crippen LogP contribution is -2.11.